The predicted molar refractivity (Wildman–Crippen MR) is 79.8 cm³/mol. The Labute approximate surface area is 123 Å². The molecule has 1 aliphatic rings. The number of carboxylic acid groups (broad SMARTS) is 1. The molecule has 3 nitrogen and oxygen atoms in total. The maximum Gasteiger partial charge on any atom is 0.326 e. The number of thiophene rings is 1. The summed E-state index contributed by atoms with van der Waals surface area (Å²) in [5.41, 5.74) is 2.16. The summed E-state index contributed by atoms with van der Waals surface area (Å²) in [4.78, 5) is 14.6. The zero-order chi connectivity index (χ0) is 13.4. The van der Waals surface area contributed by atoms with E-state index in [1.54, 1.807) is 11.3 Å². The van der Waals surface area contributed by atoms with Crippen LogP contribution in [-0.4, -0.2) is 17.1 Å². The second-order valence-electron chi connectivity index (χ2n) is 4.52. The number of para-hydroxylation sites is 1. The lowest BCUT2D eigenvalue weighted by atomic mass is 10.1. The van der Waals surface area contributed by atoms with Gasteiger partial charge in [0.25, 0.3) is 0 Å². The van der Waals surface area contributed by atoms with Crippen LogP contribution in [0.2, 0.25) is 0 Å². The van der Waals surface area contributed by atoms with Crippen LogP contribution in [0.4, 0.5) is 5.69 Å². The van der Waals surface area contributed by atoms with E-state index in [0.717, 1.165) is 19.9 Å². The van der Waals surface area contributed by atoms with Gasteiger partial charge in [-0.3, -0.25) is 0 Å². The summed E-state index contributed by atoms with van der Waals surface area (Å²) < 4.78 is 1.07. The third-order valence-electron chi connectivity index (χ3n) is 3.33. The Balaban J connectivity index is 1.93. The Kier molecular flexibility index (Phi) is 3.33. The smallest absolute Gasteiger partial charge is 0.326 e. The van der Waals surface area contributed by atoms with E-state index in [9.17, 15) is 9.90 Å². The Morgan fingerprint density at radius 2 is 2.16 bits per heavy atom. The number of aliphatic carboxylic acids is 1. The Hall–Kier alpha value is -1.33. The maximum atomic E-state index is 11.4. The Morgan fingerprint density at radius 1 is 1.37 bits per heavy atom. The molecule has 0 aliphatic carbocycles. The van der Waals surface area contributed by atoms with Gasteiger partial charge in [-0.1, -0.05) is 18.2 Å². The van der Waals surface area contributed by atoms with Crippen molar-refractivity contribution in [2.45, 2.75) is 19.0 Å². The summed E-state index contributed by atoms with van der Waals surface area (Å²) in [6.45, 7) is 0.643. The van der Waals surface area contributed by atoms with Crippen LogP contribution >= 0.6 is 27.3 Å². The molecule has 5 heteroatoms. The van der Waals surface area contributed by atoms with E-state index in [4.69, 9.17) is 0 Å². The molecule has 0 bridgehead atoms. The van der Waals surface area contributed by atoms with Gasteiger partial charge in [0.05, 0.1) is 10.3 Å². The van der Waals surface area contributed by atoms with Gasteiger partial charge in [0.1, 0.15) is 6.04 Å². The number of hydrogen-bond donors (Lipinski definition) is 1. The van der Waals surface area contributed by atoms with Gasteiger partial charge in [-0.15, -0.1) is 11.3 Å². The van der Waals surface area contributed by atoms with Crippen LogP contribution in [0.3, 0.4) is 0 Å². The third kappa shape index (κ3) is 2.40. The number of anilines is 1. The number of rotatable bonds is 3. The lowest BCUT2D eigenvalue weighted by molar-refractivity contribution is -0.138. The Morgan fingerprint density at radius 3 is 2.84 bits per heavy atom. The van der Waals surface area contributed by atoms with Crippen LogP contribution in [0.5, 0.6) is 0 Å². The minimum atomic E-state index is -0.758. The number of fused-ring (bicyclic) bond motifs is 1. The van der Waals surface area contributed by atoms with Crippen molar-refractivity contribution in [3.05, 3.63) is 50.6 Å². The topological polar surface area (TPSA) is 40.5 Å². The molecule has 0 saturated heterocycles. The van der Waals surface area contributed by atoms with Gasteiger partial charge in [0, 0.05) is 17.0 Å². The molecule has 19 heavy (non-hydrogen) atoms. The quantitative estimate of drug-likeness (QED) is 0.931. The molecule has 1 atom stereocenters. The fourth-order valence-corrected chi connectivity index (χ4v) is 3.95. The van der Waals surface area contributed by atoms with Gasteiger partial charge in [0.15, 0.2) is 0 Å². The van der Waals surface area contributed by atoms with Crippen molar-refractivity contribution in [1.82, 2.24) is 0 Å². The van der Waals surface area contributed by atoms with Gasteiger partial charge < -0.3 is 10.0 Å². The molecule has 2 heterocycles. The zero-order valence-corrected chi connectivity index (χ0v) is 12.4. The van der Waals surface area contributed by atoms with Crippen LogP contribution < -0.4 is 4.90 Å². The van der Waals surface area contributed by atoms with Crippen molar-refractivity contribution in [3.63, 3.8) is 0 Å². The SMILES string of the molecule is O=C(O)C1Cc2ccccc2N1Cc1ccc(Br)s1. The molecule has 1 N–H and O–H groups in total. The lowest BCUT2D eigenvalue weighted by Crippen LogP contribution is -2.37. The van der Waals surface area contributed by atoms with Gasteiger partial charge in [0.2, 0.25) is 0 Å². The first-order chi connectivity index (χ1) is 9.15. The minimum Gasteiger partial charge on any atom is -0.480 e. The van der Waals surface area contributed by atoms with Crippen molar-refractivity contribution >= 4 is 38.9 Å². The van der Waals surface area contributed by atoms with E-state index >= 15 is 0 Å². The highest BCUT2D eigenvalue weighted by Crippen LogP contribution is 2.35. The molecule has 1 aliphatic heterocycles. The fraction of sp³-hybridized carbons (Fsp3) is 0.214. The van der Waals surface area contributed by atoms with Gasteiger partial charge in [-0.05, 0) is 39.7 Å². The first-order valence-electron chi connectivity index (χ1n) is 5.97. The van der Waals surface area contributed by atoms with Crippen molar-refractivity contribution in [1.29, 1.82) is 0 Å². The van der Waals surface area contributed by atoms with Crippen LogP contribution in [0, 0.1) is 0 Å². The van der Waals surface area contributed by atoms with E-state index in [0.29, 0.717) is 13.0 Å². The maximum absolute atomic E-state index is 11.4. The van der Waals surface area contributed by atoms with E-state index in [1.165, 1.54) is 0 Å². The largest absolute Gasteiger partial charge is 0.480 e. The zero-order valence-electron chi connectivity index (χ0n) is 10.0. The van der Waals surface area contributed by atoms with Gasteiger partial charge in [-0.2, -0.15) is 0 Å². The first kappa shape index (κ1) is 12.7. The standard InChI is InChI=1S/C14H12BrNO2S/c15-13-6-5-10(19-13)8-16-11-4-2-1-3-9(11)7-12(16)14(17)18/h1-6,12H,7-8H2,(H,17,18). The fourth-order valence-electron chi connectivity index (χ4n) is 2.47. The van der Waals surface area contributed by atoms with Crippen molar-refractivity contribution in [3.8, 4) is 0 Å². The van der Waals surface area contributed by atoms with Crippen LogP contribution in [0.1, 0.15) is 10.4 Å². The number of hydrogen-bond acceptors (Lipinski definition) is 3. The summed E-state index contributed by atoms with van der Waals surface area (Å²) in [6, 6.07) is 11.5. The molecular weight excluding hydrogens is 326 g/mol. The number of nitrogens with zero attached hydrogens (tertiary/aromatic N) is 1. The minimum absolute atomic E-state index is 0.460. The highest BCUT2D eigenvalue weighted by molar-refractivity contribution is 9.11. The summed E-state index contributed by atoms with van der Waals surface area (Å²) in [5.74, 6) is -0.758. The molecule has 3 rings (SSSR count). The summed E-state index contributed by atoms with van der Waals surface area (Å²) >= 11 is 5.09. The van der Waals surface area contributed by atoms with Crippen LogP contribution in [-0.2, 0) is 17.8 Å². The predicted octanol–water partition coefficient (Wildman–Crippen LogP) is 3.53. The van der Waals surface area contributed by atoms with Crippen LogP contribution in [0.25, 0.3) is 0 Å². The monoisotopic (exact) mass is 337 g/mol. The number of halogens is 1. The molecule has 0 saturated carbocycles. The van der Waals surface area contributed by atoms with E-state index in [1.807, 2.05) is 41.3 Å². The molecule has 1 aromatic carbocycles. The van der Waals surface area contributed by atoms with E-state index in [2.05, 4.69) is 15.9 Å². The van der Waals surface area contributed by atoms with E-state index < -0.39 is 12.0 Å². The van der Waals surface area contributed by atoms with Gasteiger partial charge in [-0.25, -0.2) is 4.79 Å². The number of carboxylic acids is 1. The normalized spacial score (nSPS) is 17.5. The summed E-state index contributed by atoms with van der Waals surface area (Å²) in [5, 5.41) is 9.39. The lowest BCUT2D eigenvalue weighted by Gasteiger charge is -2.24. The van der Waals surface area contributed by atoms with Crippen molar-refractivity contribution < 1.29 is 9.90 Å². The van der Waals surface area contributed by atoms with Crippen molar-refractivity contribution in [2.24, 2.45) is 0 Å². The first-order valence-corrected chi connectivity index (χ1v) is 7.57. The average molecular weight is 338 g/mol. The average Bonchev–Trinajstić information content (AvgIpc) is 2.95. The van der Waals surface area contributed by atoms with Gasteiger partial charge >= 0.3 is 5.97 Å². The molecule has 0 spiro atoms. The highest BCUT2D eigenvalue weighted by Gasteiger charge is 2.34. The Bertz CT molecular complexity index is 625. The van der Waals surface area contributed by atoms with Crippen molar-refractivity contribution in [2.75, 3.05) is 4.90 Å². The summed E-state index contributed by atoms with van der Waals surface area (Å²) in [6.07, 6.45) is 0.581. The second-order valence-corrected chi connectivity index (χ2v) is 7.07. The third-order valence-corrected chi connectivity index (χ3v) is 4.94. The highest BCUT2D eigenvalue weighted by atomic mass is 79.9. The summed E-state index contributed by atoms with van der Waals surface area (Å²) in [7, 11) is 0. The molecule has 0 amide bonds. The molecule has 98 valence electrons. The molecule has 1 unspecified atom stereocenters. The molecule has 1 aromatic heterocycles. The second kappa shape index (κ2) is 4.98. The molecular formula is C14H12BrNO2S. The number of benzene rings is 1. The number of carbonyl (C=O) groups is 1. The van der Waals surface area contributed by atoms with E-state index in [-0.39, 0.29) is 0 Å². The van der Waals surface area contributed by atoms with Crippen LogP contribution in [0.15, 0.2) is 40.2 Å². The molecule has 0 fully saturated rings. The molecule has 0 radical (unpaired) electrons. The molecule has 2 aromatic rings.